The number of rotatable bonds is 6. The number of allylic oxidation sites excluding steroid dienone is 4. The van der Waals surface area contributed by atoms with Gasteiger partial charge in [0.25, 0.3) is 0 Å². The maximum absolute atomic E-state index is 13.2. The summed E-state index contributed by atoms with van der Waals surface area (Å²) in [6.07, 6.45) is 12.0. The predicted octanol–water partition coefficient (Wildman–Crippen LogP) is 0.997. The van der Waals surface area contributed by atoms with Gasteiger partial charge in [-0.3, -0.25) is 33.9 Å². The zero-order valence-electron chi connectivity index (χ0n) is 18.5. The summed E-state index contributed by atoms with van der Waals surface area (Å²) in [5.41, 5.74) is 0. The van der Waals surface area contributed by atoms with Crippen molar-refractivity contribution in [3.8, 4) is 0 Å². The Hall–Kier alpha value is -2.32. The fraction of sp³-hybridized carbons (Fsp3) is 0.680. The molecule has 4 bridgehead atoms. The molecule has 5 fully saturated rings. The van der Waals surface area contributed by atoms with Crippen molar-refractivity contribution in [1.82, 2.24) is 14.7 Å². The molecule has 0 unspecified atom stereocenters. The van der Waals surface area contributed by atoms with Gasteiger partial charge in [-0.15, -0.1) is 0 Å². The third-order valence-electron chi connectivity index (χ3n) is 9.29. The summed E-state index contributed by atoms with van der Waals surface area (Å²) in [4.78, 5) is 57.6. The first-order chi connectivity index (χ1) is 16.0. The lowest BCUT2D eigenvalue weighted by molar-refractivity contribution is -0.147. The topological polar surface area (TPSA) is 87.2 Å². The van der Waals surface area contributed by atoms with Gasteiger partial charge in [0.05, 0.1) is 43.1 Å². The van der Waals surface area contributed by atoms with Gasteiger partial charge in [0.2, 0.25) is 23.6 Å². The number of carbonyl (C=O) groups is 4. The van der Waals surface area contributed by atoms with Crippen molar-refractivity contribution in [2.75, 3.05) is 26.5 Å². The van der Waals surface area contributed by atoms with E-state index in [2.05, 4.69) is 24.3 Å². The number of ether oxygens (including phenoxy) is 1. The number of fused-ring (bicyclic) bond motifs is 10. The third-order valence-corrected chi connectivity index (χ3v) is 9.29. The van der Waals surface area contributed by atoms with E-state index in [4.69, 9.17) is 4.74 Å². The Balaban J connectivity index is 1.11. The van der Waals surface area contributed by atoms with E-state index >= 15 is 0 Å². The van der Waals surface area contributed by atoms with Gasteiger partial charge in [-0.2, -0.15) is 0 Å². The zero-order chi connectivity index (χ0) is 22.4. The molecule has 0 aromatic rings. The van der Waals surface area contributed by atoms with Crippen LogP contribution in [0.1, 0.15) is 25.7 Å². The Kier molecular flexibility index (Phi) is 4.32. The molecule has 3 heterocycles. The monoisotopic (exact) mass is 451 g/mol. The SMILES string of the molecule is O=C1[C@@H]2[C@H](C(=O)N1CN(C[C@@H]1CCCO1)CN1C(=O)[C@@H]3[C@H](C1=O)[C@H]1C=C[C@@H]3C1)[C@H]1C=C[C@@H]2C1. The van der Waals surface area contributed by atoms with Crippen molar-refractivity contribution in [3.63, 3.8) is 0 Å². The standard InChI is InChI=1S/C25H29N3O5/c29-22-18-13-3-4-14(8-13)19(18)23(30)27(22)11-26(10-17-2-1-7-33-17)12-28-24(31)20-15-5-6-16(9-15)21(20)25(28)32/h3-6,13-21H,1-2,7-12H2/t13-,14+,15-,16+,17-,18+,19-,20+,21-/m0/s1. The molecule has 0 N–H and O–H groups in total. The number of nitrogens with zero attached hydrogens (tertiary/aromatic N) is 3. The average Bonchev–Trinajstić information content (AvgIpc) is 3.63. The van der Waals surface area contributed by atoms with Crippen molar-refractivity contribution >= 4 is 23.6 Å². The Labute approximate surface area is 192 Å². The molecule has 0 aromatic heterocycles. The van der Waals surface area contributed by atoms with Gasteiger partial charge in [-0.05, 0) is 49.4 Å². The number of likely N-dealkylation sites (tertiary alicyclic amines) is 2. The van der Waals surface area contributed by atoms with Crippen LogP contribution in [0, 0.1) is 47.3 Å². The number of amides is 4. The summed E-state index contributed by atoms with van der Waals surface area (Å²) in [6, 6.07) is 0. The van der Waals surface area contributed by atoms with Crippen LogP contribution in [-0.4, -0.2) is 70.9 Å². The second kappa shape index (κ2) is 7.09. The molecular formula is C25H29N3O5. The average molecular weight is 452 g/mol. The lowest BCUT2D eigenvalue weighted by Crippen LogP contribution is -2.50. The van der Waals surface area contributed by atoms with Gasteiger partial charge in [0.1, 0.15) is 0 Å². The lowest BCUT2D eigenvalue weighted by atomic mass is 9.85. The van der Waals surface area contributed by atoms with Crippen LogP contribution in [0.4, 0.5) is 0 Å². The minimum absolute atomic E-state index is 0.0136. The van der Waals surface area contributed by atoms with Crippen LogP contribution in [0.3, 0.4) is 0 Å². The summed E-state index contributed by atoms with van der Waals surface area (Å²) in [5, 5.41) is 0. The maximum Gasteiger partial charge on any atom is 0.234 e. The molecule has 0 aromatic carbocycles. The molecule has 33 heavy (non-hydrogen) atoms. The molecule has 0 spiro atoms. The van der Waals surface area contributed by atoms with Gasteiger partial charge in [-0.1, -0.05) is 24.3 Å². The molecule has 174 valence electrons. The van der Waals surface area contributed by atoms with E-state index in [1.165, 1.54) is 9.80 Å². The van der Waals surface area contributed by atoms with E-state index in [-0.39, 0.29) is 90.4 Å². The summed E-state index contributed by atoms with van der Waals surface area (Å²) in [5.74, 6) is -0.712. The van der Waals surface area contributed by atoms with E-state index in [0.717, 1.165) is 25.7 Å². The first-order valence-corrected chi connectivity index (χ1v) is 12.4. The van der Waals surface area contributed by atoms with Crippen LogP contribution in [0.15, 0.2) is 24.3 Å². The molecule has 7 aliphatic rings. The van der Waals surface area contributed by atoms with Crippen molar-refractivity contribution in [1.29, 1.82) is 0 Å². The van der Waals surface area contributed by atoms with E-state index in [0.29, 0.717) is 13.2 Å². The van der Waals surface area contributed by atoms with Crippen LogP contribution in [0.25, 0.3) is 0 Å². The molecule has 8 heteroatoms. The zero-order valence-corrected chi connectivity index (χ0v) is 18.5. The number of carbonyl (C=O) groups excluding carboxylic acids is 4. The first-order valence-electron chi connectivity index (χ1n) is 12.4. The minimum atomic E-state index is -0.242. The fourth-order valence-corrected chi connectivity index (χ4v) is 7.84. The Morgan fingerprint density at radius 1 is 0.727 bits per heavy atom. The Morgan fingerprint density at radius 3 is 1.52 bits per heavy atom. The second-order valence-corrected chi connectivity index (χ2v) is 11.0. The maximum atomic E-state index is 13.2. The van der Waals surface area contributed by atoms with Gasteiger partial charge >= 0.3 is 0 Å². The normalized spacial score (nSPS) is 44.5. The molecule has 7 rings (SSSR count). The van der Waals surface area contributed by atoms with Gasteiger partial charge in [0, 0.05) is 13.2 Å². The van der Waals surface area contributed by atoms with E-state index < -0.39 is 0 Å². The third kappa shape index (κ3) is 2.77. The number of imide groups is 2. The smallest absolute Gasteiger partial charge is 0.234 e. The van der Waals surface area contributed by atoms with Crippen LogP contribution < -0.4 is 0 Å². The Bertz CT molecular complexity index is 870. The highest BCUT2D eigenvalue weighted by Gasteiger charge is 2.61. The molecule has 2 saturated carbocycles. The fourth-order valence-electron chi connectivity index (χ4n) is 7.84. The summed E-state index contributed by atoms with van der Waals surface area (Å²) in [6.45, 7) is 1.41. The molecular weight excluding hydrogens is 422 g/mol. The van der Waals surface area contributed by atoms with Crippen molar-refractivity contribution < 1.29 is 23.9 Å². The highest BCUT2D eigenvalue weighted by atomic mass is 16.5. The number of hydrogen-bond acceptors (Lipinski definition) is 6. The Morgan fingerprint density at radius 2 is 1.15 bits per heavy atom. The molecule has 0 radical (unpaired) electrons. The molecule has 4 amide bonds. The molecule has 4 aliphatic carbocycles. The minimum Gasteiger partial charge on any atom is -0.377 e. The summed E-state index contributed by atoms with van der Waals surface area (Å²) < 4.78 is 5.82. The lowest BCUT2D eigenvalue weighted by Gasteiger charge is -2.32. The number of hydrogen-bond donors (Lipinski definition) is 0. The summed E-state index contributed by atoms with van der Waals surface area (Å²) in [7, 11) is 0. The van der Waals surface area contributed by atoms with Crippen molar-refractivity contribution in [2.45, 2.75) is 31.8 Å². The highest BCUT2D eigenvalue weighted by Crippen LogP contribution is 2.53. The van der Waals surface area contributed by atoms with Crippen molar-refractivity contribution in [2.24, 2.45) is 47.3 Å². The van der Waals surface area contributed by atoms with Gasteiger partial charge < -0.3 is 4.74 Å². The van der Waals surface area contributed by atoms with Crippen LogP contribution in [0.2, 0.25) is 0 Å². The molecule has 8 nitrogen and oxygen atoms in total. The molecule has 3 saturated heterocycles. The van der Waals surface area contributed by atoms with Crippen LogP contribution in [0.5, 0.6) is 0 Å². The second-order valence-electron chi connectivity index (χ2n) is 11.0. The van der Waals surface area contributed by atoms with Crippen molar-refractivity contribution in [3.05, 3.63) is 24.3 Å². The van der Waals surface area contributed by atoms with E-state index in [1.54, 1.807) is 0 Å². The van der Waals surface area contributed by atoms with E-state index in [1.807, 2.05) is 4.90 Å². The quantitative estimate of drug-likeness (QED) is 0.442. The highest BCUT2D eigenvalue weighted by molar-refractivity contribution is 6.07. The first kappa shape index (κ1) is 20.1. The van der Waals surface area contributed by atoms with Crippen LogP contribution in [-0.2, 0) is 23.9 Å². The molecule has 9 atom stereocenters. The summed E-state index contributed by atoms with van der Waals surface area (Å²) >= 11 is 0. The van der Waals surface area contributed by atoms with Gasteiger partial charge in [-0.25, -0.2) is 0 Å². The van der Waals surface area contributed by atoms with Gasteiger partial charge in [0.15, 0.2) is 0 Å². The van der Waals surface area contributed by atoms with Crippen LogP contribution >= 0.6 is 0 Å². The predicted molar refractivity (Wildman–Crippen MR) is 115 cm³/mol. The largest absolute Gasteiger partial charge is 0.377 e. The van der Waals surface area contributed by atoms with E-state index in [9.17, 15) is 19.2 Å². The molecule has 3 aliphatic heterocycles.